The molecule has 0 aromatic heterocycles. The van der Waals surface area contributed by atoms with Crippen LogP contribution in [0.2, 0.25) is 0 Å². The SMILES string of the molecule is O=C1CCOc2ccc(S(=O)[O-])cc21.[Na+]. The number of Topliss-reactive ketones (excluding diaryl/α,β-unsaturated/α-hetero) is 1. The maximum atomic E-state index is 11.4. The summed E-state index contributed by atoms with van der Waals surface area (Å²) in [5.74, 6) is 0.397. The molecule has 4 nitrogen and oxygen atoms in total. The van der Waals surface area contributed by atoms with Crippen LogP contribution in [-0.4, -0.2) is 21.2 Å². The van der Waals surface area contributed by atoms with Crippen molar-refractivity contribution in [3.8, 4) is 5.75 Å². The molecule has 74 valence electrons. The van der Waals surface area contributed by atoms with Gasteiger partial charge in [0.25, 0.3) is 0 Å². The van der Waals surface area contributed by atoms with Crippen molar-refractivity contribution in [3.63, 3.8) is 0 Å². The molecule has 0 amide bonds. The molecule has 1 atom stereocenters. The number of ketones is 1. The zero-order valence-electron chi connectivity index (χ0n) is 8.19. The smallest absolute Gasteiger partial charge is 0.768 e. The number of carbonyl (C=O) groups is 1. The van der Waals surface area contributed by atoms with Crippen molar-refractivity contribution < 1.29 is 47.9 Å². The van der Waals surface area contributed by atoms with Crippen LogP contribution in [0, 0.1) is 0 Å². The topological polar surface area (TPSA) is 66.4 Å². The number of benzene rings is 1. The zero-order chi connectivity index (χ0) is 10.1. The van der Waals surface area contributed by atoms with E-state index >= 15 is 0 Å². The van der Waals surface area contributed by atoms with Gasteiger partial charge in [0.05, 0.1) is 12.2 Å². The van der Waals surface area contributed by atoms with Gasteiger partial charge >= 0.3 is 29.6 Å². The first-order chi connectivity index (χ1) is 6.68. The molecule has 0 N–H and O–H groups in total. The van der Waals surface area contributed by atoms with Crippen LogP contribution in [0.5, 0.6) is 5.75 Å². The van der Waals surface area contributed by atoms with E-state index in [1.807, 2.05) is 0 Å². The molecular formula is C9H7NaO4S. The predicted octanol–water partition coefficient (Wildman–Crippen LogP) is -2.11. The fourth-order valence-electron chi connectivity index (χ4n) is 1.34. The average molecular weight is 234 g/mol. The first-order valence-electron chi connectivity index (χ1n) is 4.08. The van der Waals surface area contributed by atoms with Gasteiger partial charge in [0.15, 0.2) is 5.78 Å². The molecule has 1 aliphatic rings. The Morgan fingerprint density at radius 3 is 2.80 bits per heavy atom. The number of hydrogen-bond acceptors (Lipinski definition) is 4. The van der Waals surface area contributed by atoms with E-state index in [2.05, 4.69) is 0 Å². The third-order valence-electron chi connectivity index (χ3n) is 2.03. The Morgan fingerprint density at radius 2 is 2.13 bits per heavy atom. The molecule has 1 aromatic carbocycles. The Hall–Kier alpha value is -0.200. The summed E-state index contributed by atoms with van der Waals surface area (Å²) < 4.78 is 26.5. The van der Waals surface area contributed by atoms with E-state index in [9.17, 15) is 13.6 Å². The molecule has 2 rings (SSSR count). The maximum absolute atomic E-state index is 11.4. The van der Waals surface area contributed by atoms with Crippen molar-refractivity contribution in [2.75, 3.05) is 6.61 Å². The fourth-order valence-corrected chi connectivity index (χ4v) is 1.74. The number of rotatable bonds is 1. The van der Waals surface area contributed by atoms with E-state index < -0.39 is 11.1 Å². The number of fused-ring (bicyclic) bond motifs is 1. The van der Waals surface area contributed by atoms with Gasteiger partial charge in [0.1, 0.15) is 5.75 Å². The molecule has 0 saturated heterocycles. The van der Waals surface area contributed by atoms with Crippen LogP contribution >= 0.6 is 0 Å². The summed E-state index contributed by atoms with van der Waals surface area (Å²) in [6.45, 7) is 0.367. The van der Waals surface area contributed by atoms with Crippen LogP contribution in [0.4, 0.5) is 0 Å². The number of ether oxygens (including phenoxy) is 1. The first-order valence-corrected chi connectivity index (χ1v) is 5.15. The van der Waals surface area contributed by atoms with E-state index in [4.69, 9.17) is 4.74 Å². The molecule has 1 heterocycles. The summed E-state index contributed by atoms with van der Waals surface area (Å²) >= 11 is -2.30. The molecule has 1 aromatic rings. The third kappa shape index (κ3) is 2.68. The quantitative estimate of drug-likeness (QED) is 0.412. The maximum Gasteiger partial charge on any atom is 1.00 e. The normalized spacial score (nSPS) is 15.9. The monoisotopic (exact) mass is 234 g/mol. The molecular weight excluding hydrogens is 227 g/mol. The Kier molecular flexibility index (Phi) is 4.48. The van der Waals surface area contributed by atoms with Gasteiger partial charge in [0.2, 0.25) is 0 Å². The van der Waals surface area contributed by atoms with Crippen molar-refractivity contribution in [1.82, 2.24) is 0 Å². The zero-order valence-corrected chi connectivity index (χ0v) is 11.0. The van der Waals surface area contributed by atoms with Crippen LogP contribution in [0.3, 0.4) is 0 Å². The molecule has 15 heavy (non-hydrogen) atoms. The molecule has 6 heteroatoms. The van der Waals surface area contributed by atoms with Crippen LogP contribution < -0.4 is 34.3 Å². The molecule has 0 fully saturated rings. The largest absolute Gasteiger partial charge is 1.00 e. The van der Waals surface area contributed by atoms with Crippen molar-refractivity contribution in [3.05, 3.63) is 23.8 Å². The van der Waals surface area contributed by atoms with E-state index in [-0.39, 0.29) is 40.2 Å². The number of hydrogen-bond donors (Lipinski definition) is 0. The summed E-state index contributed by atoms with van der Waals surface area (Å²) in [4.78, 5) is 11.5. The summed E-state index contributed by atoms with van der Waals surface area (Å²) in [6.07, 6.45) is 0.307. The van der Waals surface area contributed by atoms with Gasteiger partial charge < -0.3 is 9.29 Å². The van der Waals surface area contributed by atoms with Gasteiger partial charge in [-0.05, 0) is 29.3 Å². The van der Waals surface area contributed by atoms with E-state index in [1.165, 1.54) is 18.2 Å². The molecule has 0 bridgehead atoms. The first kappa shape index (κ1) is 12.9. The molecule has 0 spiro atoms. The summed E-state index contributed by atoms with van der Waals surface area (Å²) in [6, 6.07) is 4.28. The second-order valence-electron chi connectivity index (χ2n) is 2.91. The second-order valence-corrected chi connectivity index (χ2v) is 3.86. The van der Waals surface area contributed by atoms with Crippen molar-refractivity contribution in [2.24, 2.45) is 0 Å². The fraction of sp³-hybridized carbons (Fsp3) is 0.222. The molecule has 0 saturated carbocycles. The number of carbonyl (C=O) groups excluding carboxylic acids is 1. The van der Waals surface area contributed by atoms with Gasteiger partial charge in [-0.25, -0.2) is 0 Å². The van der Waals surface area contributed by atoms with Crippen LogP contribution in [0.15, 0.2) is 23.1 Å². The van der Waals surface area contributed by atoms with E-state index in [1.54, 1.807) is 0 Å². The van der Waals surface area contributed by atoms with Crippen molar-refractivity contribution in [1.29, 1.82) is 0 Å². The minimum Gasteiger partial charge on any atom is -0.768 e. The Bertz CT molecular complexity index is 419. The van der Waals surface area contributed by atoms with Crippen LogP contribution in [0.25, 0.3) is 0 Å². The van der Waals surface area contributed by atoms with Crippen molar-refractivity contribution in [2.45, 2.75) is 11.3 Å². The Morgan fingerprint density at radius 1 is 1.40 bits per heavy atom. The van der Waals surface area contributed by atoms with Crippen molar-refractivity contribution >= 4 is 16.9 Å². The van der Waals surface area contributed by atoms with E-state index in [0.29, 0.717) is 24.3 Å². The second kappa shape index (κ2) is 5.23. The van der Waals surface area contributed by atoms with Gasteiger partial charge in [0, 0.05) is 11.3 Å². The standard InChI is InChI=1S/C9H8O4S.Na/c10-8-3-4-13-9-2-1-6(14(11)12)5-7(8)9;/h1-2,5H,3-4H2,(H,11,12);/q;+1/p-1. The van der Waals surface area contributed by atoms with E-state index in [0.717, 1.165) is 0 Å². The predicted molar refractivity (Wildman–Crippen MR) is 48.1 cm³/mol. The summed E-state index contributed by atoms with van der Waals surface area (Å²) in [5, 5.41) is 0. The molecule has 0 radical (unpaired) electrons. The van der Waals surface area contributed by atoms with Gasteiger partial charge in [-0.2, -0.15) is 0 Å². The summed E-state index contributed by atoms with van der Waals surface area (Å²) in [7, 11) is 0. The minimum absolute atomic E-state index is 0. The average Bonchev–Trinajstić information content (AvgIpc) is 2.18. The summed E-state index contributed by atoms with van der Waals surface area (Å²) in [5.41, 5.74) is 0.359. The van der Waals surface area contributed by atoms with Crippen LogP contribution in [-0.2, 0) is 11.1 Å². The van der Waals surface area contributed by atoms with Gasteiger partial charge in [-0.3, -0.25) is 9.00 Å². The Balaban J connectivity index is 0.00000112. The molecule has 1 aliphatic heterocycles. The third-order valence-corrected chi connectivity index (χ3v) is 2.67. The van der Waals surface area contributed by atoms with Gasteiger partial charge in [-0.15, -0.1) is 0 Å². The Labute approximate surface area is 112 Å². The molecule has 0 aliphatic carbocycles. The van der Waals surface area contributed by atoms with Crippen LogP contribution in [0.1, 0.15) is 16.8 Å². The molecule has 1 unspecified atom stereocenters. The van der Waals surface area contributed by atoms with Gasteiger partial charge in [-0.1, -0.05) is 0 Å². The minimum atomic E-state index is -2.30.